The van der Waals surface area contributed by atoms with Gasteiger partial charge in [-0.1, -0.05) is 47.5 Å². The van der Waals surface area contributed by atoms with Crippen LogP contribution < -0.4 is 0 Å². The van der Waals surface area contributed by atoms with Crippen molar-refractivity contribution >= 4 is 0 Å². The van der Waals surface area contributed by atoms with Gasteiger partial charge in [-0.05, 0) is 78.9 Å². The second kappa shape index (κ2) is 5.65. The third-order valence-electron chi connectivity index (χ3n) is 7.97. The minimum absolute atomic E-state index is 0.942. The first-order chi connectivity index (χ1) is 9.54. The highest BCUT2D eigenvalue weighted by molar-refractivity contribution is 5.03. The molecule has 9 atom stereocenters. The van der Waals surface area contributed by atoms with Gasteiger partial charge in [0.1, 0.15) is 0 Å². The Hall–Kier alpha value is 0. The minimum atomic E-state index is 0.942. The Bertz CT molecular complexity index is 333. The van der Waals surface area contributed by atoms with Crippen LogP contribution in [0.3, 0.4) is 0 Å². The van der Waals surface area contributed by atoms with Gasteiger partial charge in [-0.3, -0.25) is 0 Å². The molecular formula is C20H36. The molecule has 3 aliphatic carbocycles. The molecule has 0 aromatic heterocycles. The van der Waals surface area contributed by atoms with Crippen molar-refractivity contribution in [3.8, 4) is 0 Å². The maximum Gasteiger partial charge on any atom is -0.0326 e. The normalized spacial score (nSPS) is 52.6. The van der Waals surface area contributed by atoms with Gasteiger partial charge in [0, 0.05) is 0 Å². The molecule has 0 amide bonds. The van der Waals surface area contributed by atoms with Crippen molar-refractivity contribution in [1.82, 2.24) is 0 Å². The van der Waals surface area contributed by atoms with Gasteiger partial charge in [0.15, 0.2) is 0 Å². The molecule has 0 heterocycles. The van der Waals surface area contributed by atoms with Gasteiger partial charge in [0.05, 0.1) is 0 Å². The lowest BCUT2D eigenvalue weighted by atomic mass is 9.64. The molecule has 3 saturated carbocycles. The standard InChI is InChI=1S/C20H36/c1-6-12(2)19-15(5)20-14(4)18(20)10-9-17(19)11-16-8-7-13(16)3/h12-20H,6-11H2,1-5H3. The van der Waals surface area contributed by atoms with Crippen LogP contribution in [0, 0.1) is 53.3 Å². The van der Waals surface area contributed by atoms with E-state index in [0.29, 0.717) is 0 Å². The summed E-state index contributed by atoms with van der Waals surface area (Å²) in [5.41, 5.74) is 0. The van der Waals surface area contributed by atoms with E-state index in [1.165, 1.54) is 19.3 Å². The molecule has 0 radical (unpaired) electrons. The van der Waals surface area contributed by atoms with E-state index in [1.54, 1.807) is 19.3 Å². The number of rotatable bonds is 4. The predicted molar refractivity (Wildman–Crippen MR) is 87.5 cm³/mol. The lowest BCUT2D eigenvalue weighted by molar-refractivity contribution is 0.0803. The van der Waals surface area contributed by atoms with Crippen LogP contribution in [0.15, 0.2) is 0 Å². The fourth-order valence-electron chi connectivity index (χ4n) is 6.19. The van der Waals surface area contributed by atoms with E-state index in [2.05, 4.69) is 34.6 Å². The topological polar surface area (TPSA) is 0 Å². The average Bonchev–Trinajstić information content (AvgIpc) is 3.11. The zero-order chi connectivity index (χ0) is 14.4. The van der Waals surface area contributed by atoms with Crippen LogP contribution in [0.5, 0.6) is 0 Å². The van der Waals surface area contributed by atoms with Gasteiger partial charge < -0.3 is 0 Å². The van der Waals surface area contributed by atoms with E-state index in [-0.39, 0.29) is 0 Å². The quantitative estimate of drug-likeness (QED) is 0.589. The molecule has 3 aliphatic rings. The largest absolute Gasteiger partial charge is 0.0651 e. The lowest BCUT2D eigenvalue weighted by Gasteiger charge is -2.42. The van der Waals surface area contributed by atoms with Crippen molar-refractivity contribution in [3.63, 3.8) is 0 Å². The monoisotopic (exact) mass is 276 g/mol. The maximum atomic E-state index is 2.61. The van der Waals surface area contributed by atoms with Crippen molar-refractivity contribution in [2.45, 2.75) is 73.1 Å². The second-order valence-corrected chi connectivity index (χ2v) is 8.81. The summed E-state index contributed by atoms with van der Waals surface area (Å²) in [6, 6.07) is 0. The van der Waals surface area contributed by atoms with Crippen molar-refractivity contribution in [2.75, 3.05) is 0 Å². The molecule has 0 aromatic carbocycles. The van der Waals surface area contributed by atoms with E-state index < -0.39 is 0 Å². The molecule has 0 heteroatoms. The first-order valence-electron chi connectivity index (χ1n) is 9.54. The molecular weight excluding hydrogens is 240 g/mol. The highest BCUT2D eigenvalue weighted by Crippen LogP contribution is 2.61. The molecule has 0 spiro atoms. The molecule has 3 fully saturated rings. The molecule has 0 aromatic rings. The zero-order valence-corrected chi connectivity index (χ0v) is 14.4. The Morgan fingerprint density at radius 1 is 0.900 bits per heavy atom. The summed E-state index contributed by atoms with van der Waals surface area (Å²) in [4.78, 5) is 0. The molecule has 20 heavy (non-hydrogen) atoms. The summed E-state index contributed by atoms with van der Waals surface area (Å²) in [5, 5.41) is 0. The highest BCUT2D eigenvalue weighted by Gasteiger charge is 2.54. The van der Waals surface area contributed by atoms with Crippen LogP contribution in [-0.2, 0) is 0 Å². The van der Waals surface area contributed by atoms with Crippen molar-refractivity contribution in [3.05, 3.63) is 0 Å². The highest BCUT2D eigenvalue weighted by atomic mass is 14.6. The van der Waals surface area contributed by atoms with Gasteiger partial charge in [-0.15, -0.1) is 0 Å². The van der Waals surface area contributed by atoms with Gasteiger partial charge >= 0.3 is 0 Å². The Morgan fingerprint density at radius 2 is 1.60 bits per heavy atom. The number of hydrogen-bond acceptors (Lipinski definition) is 0. The van der Waals surface area contributed by atoms with E-state index in [9.17, 15) is 0 Å². The van der Waals surface area contributed by atoms with E-state index >= 15 is 0 Å². The third-order valence-corrected chi connectivity index (χ3v) is 7.97. The van der Waals surface area contributed by atoms with E-state index in [4.69, 9.17) is 0 Å². The minimum Gasteiger partial charge on any atom is -0.0651 e. The van der Waals surface area contributed by atoms with Crippen LogP contribution in [-0.4, -0.2) is 0 Å². The van der Waals surface area contributed by atoms with Crippen molar-refractivity contribution < 1.29 is 0 Å². The Kier molecular flexibility index (Phi) is 4.22. The van der Waals surface area contributed by atoms with Gasteiger partial charge in [0.2, 0.25) is 0 Å². The van der Waals surface area contributed by atoms with Crippen molar-refractivity contribution in [1.29, 1.82) is 0 Å². The molecule has 0 saturated heterocycles. The number of fused-ring (bicyclic) bond motifs is 1. The summed E-state index contributed by atoms with van der Waals surface area (Å²) in [5.74, 6) is 9.33. The molecule has 9 unspecified atom stereocenters. The maximum absolute atomic E-state index is 2.61. The first-order valence-corrected chi connectivity index (χ1v) is 9.54. The third kappa shape index (κ3) is 2.46. The molecule has 0 N–H and O–H groups in total. The summed E-state index contributed by atoms with van der Waals surface area (Å²) in [6.07, 6.45) is 9.08. The fourth-order valence-corrected chi connectivity index (χ4v) is 6.19. The zero-order valence-electron chi connectivity index (χ0n) is 14.4. The fraction of sp³-hybridized carbons (Fsp3) is 1.00. The summed E-state index contributed by atoms with van der Waals surface area (Å²) in [7, 11) is 0. The van der Waals surface area contributed by atoms with Gasteiger partial charge in [-0.25, -0.2) is 0 Å². The van der Waals surface area contributed by atoms with Crippen LogP contribution >= 0.6 is 0 Å². The van der Waals surface area contributed by atoms with Crippen LogP contribution in [0.25, 0.3) is 0 Å². The Balaban J connectivity index is 1.72. The van der Waals surface area contributed by atoms with Crippen LogP contribution in [0.1, 0.15) is 73.1 Å². The first kappa shape index (κ1) is 14.9. The average molecular weight is 277 g/mol. The SMILES string of the molecule is CCC(C)C1C(CC2CCC2C)CCC2C(C)C2C1C. The Labute approximate surface area is 127 Å². The summed E-state index contributed by atoms with van der Waals surface area (Å²) < 4.78 is 0. The van der Waals surface area contributed by atoms with Crippen LogP contribution in [0.2, 0.25) is 0 Å². The molecule has 0 bridgehead atoms. The molecule has 0 nitrogen and oxygen atoms in total. The molecule has 116 valence electrons. The summed E-state index contributed by atoms with van der Waals surface area (Å²) >= 11 is 0. The lowest BCUT2D eigenvalue weighted by Crippen LogP contribution is -2.33. The summed E-state index contributed by atoms with van der Waals surface area (Å²) in [6.45, 7) is 12.6. The van der Waals surface area contributed by atoms with E-state index in [0.717, 1.165) is 53.3 Å². The number of hydrogen-bond donors (Lipinski definition) is 0. The van der Waals surface area contributed by atoms with Crippen LogP contribution in [0.4, 0.5) is 0 Å². The van der Waals surface area contributed by atoms with Crippen molar-refractivity contribution in [2.24, 2.45) is 53.3 Å². The van der Waals surface area contributed by atoms with Gasteiger partial charge in [0.25, 0.3) is 0 Å². The predicted octanol–water partition coefficient (Wildman–Crippen LogP) is 6.01. The molecule has 0 aliphatic heterocycles. The molecule has 3 rings (SSSR count). The Morgan fingerprint density at radius 3 is 2.15 bits per heavy atom. The smallest absolute Gasteiger partial charge is 0.0326 e. The van der Waals surface area contributed by atoms with E-state index in [1.807, 2.05) is 0 Å². The van der Waals surface area contributed by atoms with Gasteiger partial charge in [-0.2, -0.15) is 0 Å². The second-order valence-electron chi connectivity index (χ2n) is 8.81.